The molecule has 2 rings (SSSR count). The first-order valence-electron chi connectivity index (χ1n) is 6.66. The van der Waals surface area contributed by atoms with Gasteiger partial charge in [0.2, 0.25) is 0 Å². The smallest absolute Gasteiger partial charge is 0.407 e. The van der Waals surface area contributed by atoms with E-state index in [1.807, 2.05) is 0 Å². The summed E-state index contributed by atoms with van der Waals surface area (Å²) in [5.41, 5.74) is -0.513. The van der Waals surface area contributed by atoms with E-state index in [2.05, 4.69) is 17.5 Å². The molecule has 1 saturated carbocycles. The zero-order chi connectivity index (χ0) is 14.0. The predicted octanol–water partition coefficient (Wildman–Crippen LogP) is 2.51. The molecule has 0 aromatic heterocycles. The Hall–Kier alpha value is -1.03. The Bertz CT molecular complexity index is 409. The minimum atomic E-state index is -0.513. The van der Waals surface area contributed by atoms with Crippen LogP contribution in [0.3, 0.4) is 0 Å². The molecule has 1 N–H and O–H groups in total. The number of alkyl halides is 1. The second-order valence-corrected chi connectivity index (χ2v) is 5.99. The molecule has 0 spiro atoms. The van der Waals surface area contributed by atoms with Crippen LogP contribution in [0.15, 0.2) is 12.2 Å². The largest absolute Gasteiger partial charge is 0.448 e. The lowest BCUT2D eigenvalue weighted by molar-refractivity contribution is -0.130. The fraction of sp³-hybridized carbons (Fsp3) is 0.714. The number of Topliss-reactive ketones (excluding diaryl/α,β-unsaturated/α-hetero) is 1. The lowest BCUT2D eigenvalue weighted by Crippen LogP contribution is -2.42. The summed E-state index contributed by atoms with van der Waals surface area (Å²) >= 11 is 5.62. The molecule has 4 unspecified atom stereocenters. The van der Waals surface area contributed by atoms with Crippen molar-refractivity contribution in [2.24, 2.45) is 17.3 Å². The van der Waals surface area contributed by atoms with E-state index in [9.17, 15) is 9.59 Å². The molecule has 4 atom stereocenters. The van der Waals surface area contributed by atoms with Crippen molar-refractivity contribution in [3.63, 3.8) is 0 Å². The van der Waals surface area contributed by atoms with Crippen LogP contribution in [-0.2, 0) is 9.53 Å². The van der Waals surface area contributed by atoms with Crippen molar-refractivity contribution >= 4 is 23.5 Å². The fourth-order valence-electron chi connectivity index (χ4n) is 3.10. The van der Waals surface area contributed by atoms with Crippen LogP contribution in [-0.4, -0.2) is 30.4 Å². The van der Waals surface area contributed by atoms with Gasteiger partial charge in [-0.1, -0.05) is 12.2 Å². The first-order valence-corrected chi connectivity index (χ1v) is 7.20. The lowest BCUT2D eigenvalue weighted by Gasteiger charge is -2.32. The van der Waals surface area contributed by atoms with E-state index in [0.29, 0.717) is 11.8 Å². The van der Waals surface area contributed by atoms with E-state index in [4.69, 9.17) is 16.3 Å². The van der Waals surface area contributed by atoms with Crippen LogP contribution >= 0.6 is 11.6 Å². The van der Waals surface area contributed by atoms with Crippen LogP contribution in [0.4, 0.5) is 4.79 Å². The van der Waals surface area contributed by atoms with Gasteiger partial charge in [0.25, 0.3) is 0 Å². The number of hydrogen-bond donors (Lipinski definition) is 1. The monoisotopic (exact) mass is 285 g/mol. The molecule has 2 aliphatic rings. The highest BCUT2D eigenvalue weighted by molar-refractivity contribution is 6.18. The SMILES string of the molecule is CC(=O)C1(COC(=O)NC(C)CCl)CC2C=CC1C2. The second kappa shape index (κ2) is 5.53. The molecule has 19 heavy (non-hydrogen) atoms. The van der Waals surface area contributed by atoms with Gasteiger partial charge in [-0.15, -0.1) is 11.6 Å². The Balaban J connectivity index is 1.94. The van der Waals surface area contributed by atoms with Crippen LogP contribution in [0.1, 0.15) is 26.7 Å². The molecular weight excluding hydrogens is 266 g/mol. The van der Waals surface area contributed by atoms with Crippen LogP contribution < -0.4 is 5.32 Å². The second-order valence-electron chi connectivity index (χ2n) is 5.68. The minimum absolute atomic E-state index is 0.113. The van der Waals surface area contributed by atoms with E-state index >= 15 is 0 Å². The maximum absolute atomic E-state index is 12.0. The fourth-order valence-corrected chi connectivity index (χ4v) is 3.18. The van der Waals surface area contributed by atoms with Crippen molar-refractivity contribution in [2.45, 2.75) is 32.7 Å². The van der Waals surface area contributed by atoms with Gasteiger partial charge >= 0.3 is 6.09 Å². The average molecular weight is 286 g/mol. The van der Waals surface area contributed by atoms with Crippen molar-refractivity contribution in [3.05, 3.63) is 12.2 Å². The first kappa shape index (κ1) is 14.4. The van der Waals surface area contributed by atoms with Gasteiger partial charge in [0.05, 0.1) is 5.41 Å². The van der Waals surface area contributed by atoms with Gasteiger partial charge in [0, 0.05) is 11.9 Å². The molecular formula is C14H20ClNO3. The molecule has 0 heterocycles. The Labute approximate surface area is 118 Å². The highest BCUT2D eigenvalue weighted by Crippen LogP contribution is 2.52. The van der Waals surface area contributed by atoms with Crippen molar-refractivity contribution in [2.75, 3.05) is 12.5 Å². The molecule has 1 fully saturated rings. The summed E-state index contributed by atoms with van der Waals surface area (Å²) in [4.78, 5) is 23.6. The van der Waals surface area contributed by atoms with Crippen molar-refractivity contribution in [1.82, 2.24) is 5.32 Å². The molecule has 0 aromatic rings. The summed E-state index contributed by atoms with van der Waals surface area (Å²) < 4.78 is 5.25. The van der Waals surface area contributed by atoms with Crippen molar-refractivity contribution < 1.29 is 14.3 Å². The Morgan fingerprint density at radius 1 is 1.53 bits per heavy atom. The average Bonchev–Trinajstić information content (AvgIpc) is 2.96. The normalized spacial score (nSPS) is 33.2. The van der Waals surface area contributed by atoms with Gasteiger partial charge in [-0.3, -0.25) is 4.79 Å². The number of hydrogen-bond acceptors (Lipinski definition) is 3. The molecule has 4 nitrogen and oxygen atoms in total. The molecule has 106 valence electrons. The zero-order valence-electron chi connectivity index (χ0n) is 11.3. The molecule has 0 aliphatic heterocycles. The van der Waals surface area contributed by atoms with E-state index < -0.39 is 11.5 Å². The van der Waals surface area contributed by atoms with Gasteiger partial charge in [-0.05, 0) is 38.5 Å². The third kappa shape index (κ3) is 2.78. The van der Waals surface area contributed by atoms with Crippen LogP contribution in [0, 0.1) is 17.3 Å². The number of nitrogens with one attached hydrogen (secondary N) is 1. The standard InChI is InChI=1S/C14H20ClNO3/c1-9(7-15)16-13(18)19-8-14(10(2)17)6-11-3-4-12(14)5-11/h3-4,9,11-12H,5-8H2,1-2H3,(H,16,18). The van der Waals surface area contributed by atoms with Crippen molar-refractivity contribution in [3.8, 4) is 0 Å². The van der Waals surface area contributed by atoms with Crippen LogP contribution in [0.2, 0.25) is 0 Å². The minimum Gasteiger partial charge on any atom is -0.448 e. The number of alkyl carbamates (subject to hydrolysis) is 1. The number of ether oxygens (including phenoxy) is 1. The van der Waals surface area contributed by atoms with Gasteiger partial charge < -0.3 is 10.1 Å². The first-order chi connectivity index (χ1) is 8.98. The third-order valence-electron chi connectivity index (χ3n) is 4.27. The summed E-state index contributed by atoms with van der Waals surface area (Å²) in [6, 6.07) is -0.137. The lowest BCUT2D eigenvalue weighted by atomic mass is 9.73. The summed E-state index contributed by atoms with van der Waals surface area (Å²) in [6.45, 7) is 3.56. The number of halogens is 1. The maximum atomic E-state index is 12.0. The Morgan fingerprint density at radius 3 is 2.74 bits per heavy atom. The van der Waals surface area contributed by atoms with Crippen LogP contribution in [0.25, 0.3) is 0 Å². The molecule has 2 aliphatic carbocycles. The Kier molecular flexibility index (Phi) is 4.19. The van der Waals surface area contributed by atoms with Gasteiger partial charge in [-0.25, -0.2) is 4.79 Å². The number of fused-ring (bicyclic) bond motifs is 2. The summed E-state index contributed by atoms with van der Waals surface area (Å²) in [5.74, 6) is 1.12. The number of carbonyl (C=O) groups is 2. The quantitative estimate of drug-likeness (QED) is 0.624. The zero-order valence-corrected chi connectivity index (χ0v) is 12.1. The van der Waals surface area contributed by atoms with E-state index in [0.717, 1.165) is 12.8 Å². The molecule has 1 amide bonds. The summed E-state index contributed by atoms with van der Waals surface area (Å²) in [7, 11) is 0. The van der Waals surface area contributed by atoms with E-state index in [1.54, 1.807) is 13.8 Å². The van der Waals surface area contributed by atoms with E-state index in [1.165, 1.54) is 0 Å². The van der Waals surface area contributed by atoms with Gasteiger partial charge in [0.1, 0.15) is 12.4 Å². The third-order valence-corrected chi connectivity index (χ3v) is 4.73. The molecule has 0 radical (unpaired) electrons. The number of carbonyl (C=O) groups excluding carboxylic acids is 2. The molecule has 0 aromatic carbocycles. The molecule has 5 heteroatoms. The Morgan fingerprint density at radius 2 is 2.26 bits per heavy atom. The highest BCUT2D eigenvalue weighted by atomic mass is 35.5. The number of amides is 1. The van der Waals surface area contributed by atoms with Crippen LogP contribution in [0.5, 0.6) is 0 Å². The number of rotatable bonds is 5. The topological polar surface area (TPSA) is 55.4 Å². The van der Waals surface area contributed by atoms with E-state index in [-0.39, 0.29) is 24.3 Å². The number of ketones is 1. The maximum Gasteiger partial charge on any atom is 0.407 e. The molecule has 0 saturated heterocycles. The molecule has 2 bridgehead atoms. The highest BCUT2D eigenvalue weighted by Gasteiger charge is 2.52. The summed E-state index contributed by atoms with van der Waals surface area (Å²) in [5, 5.41) is 2.63. The van der Waals surface area contributed by atoms with Gasteiger partial charge in [-0.2, -0.15) is 0 Å². The van der Waals surface area contributed by atoms with Gasteiger partial charge in [0.15, 0.2) is 0 Å². The number of allylic oxidation sites excluding steroid dienone is 2. The van der Waals surface area contributed by atoms with Crippen molar-refractivity contribution in [1.29, 1.82) is 0 Å². The summed E-state index contributed by atoms with van der Waals surface area (Å²) in [6.07, 6.45) is 5.56. The predicted molar refractivity (Wildman–Crippen MR) is 73.1 cm³/mol.